The zero-order chi connectivity index (χ0) is 13.7. The average Bonchev–Trinajstić information content (AvgIpc) is 2.40. The van der Waals surface area contributed by atoms with Crippen LogP contribution in [0.3, 0.4) is 0 Å². The van der Waals surface area contributed by atoms with Gasteiger partial charge in [-0.3, -0.25) is 0 Å². The molecule has 0 aliphatic rings. The van der Waals surface area contributed by atoms with Gasteiger partial charge in [0.1, 0.15) is 5.82 Å². The van der Waals surface area contributed by atoms with Crippen molar-refractivity contribution in [2.24, 2.45) is 0 Å². The Hall–Kier alpha value is -1.90. The van der Waals surface area contributed by atoms with Crippen LogP contribution in [0.5, 0.6) is 0 Å². The number of benzene rings is 1. The second-order valence-corrected chi connectivity index (χ2v) is 4.71. The summed E-state index contributed by atoms with van der Waals surface area (Å²) >= 11 is 0. The molecule has 100 valence electrons. The van der Waals surface area contributed by atoms with E-state index in [1.807, 2.05) is 6.07 Å². The highest BCUT2D eigenvalue weighted by molar-refractivity contribution is 5.58. The van der Waals surface area contributed by atoms with E-state index in [-0.39, 0.29) is 0 Å². The van der Waals surface area contributed by atoms with E-state index in [1.54, 1.807) is 0 Å². The molecular formula is C16H21N3. The number of nitrogens with zero attached hydrogens (tertiary/aromatic N) is 2. The van der Waals surface area contributed by atoms with Crippen molar-refractivity contribution >= 4 is 5.82 Å². The Morgan fingerprint density at radius 1 is 1.05 bits per heavy atom. The lowest BCUT2D eigenvalue weighted by Gasteiger charge is -2.08. The van der Waals surface area contributed by atoms with Crippen molar-refractivity contribution in [3.05, 3.63) is 41.6 Å². The molecule has 0 unspecified atom stereocenters. The third kappa shape index (κ3) is 3.53. The van der Waals surface area contributed by atoms with Gasteiger partial charge in [-0.2, -0.15) is 0 Å². The predicted octanol–water partition coefficient (Wildman–Crippen LogP) is 3.84. The molecular weight excluding hydrogens is 234 g/mol. The van der Waals surface area contributed by atoms with Crippen molar-refractivity contribution in [1.29, 1.82) is 0 Å². The first-order valence-corrected chi connectivity index (χ1v) is 6.91. The summed E-state index contributed by atoms with van der Waals surface area (Å²) in [6.07, 6.45) is 2.08. The zero-order valence-electron chi connectivity index (χ0n) is 11.9. The van der Waals surface area contributed by atoms with E-state index >= 15 is 0 Å². The summed E-state index contributed by atoms with van der Waals surface area (Å²) in [6, 6.07) is 10.4. The van der Waals surface area contributed by atoms with Crippen LogP contribution < -0.4 is 5.32 Å². The largest absolute Gasteiger partial charge is 0.370 e. The van der Waals surface area contributed by atoms with Gasteiger partial charge in [0.05, 0.1) is 0 Å². The Morgan fingerprint density at radius 2 is 1.79 bits per heavy atom. The summed E-state index contributed by atoms with van der Waals surface area (Å²) in [5, 5.41) is 3.28. The fraction of sp³-hybridized carbons (Fsp3) is 0.375. The number of aryl methyl sites for hydroxylation is 2. The summed E-state index contributed by atoms with van der Waals surface area (Å²) in [7, 11) is 0. The number of hydrogen-bond acceptors (Lipinski definition) is 3. The van der Waals surface area contributed by atoms with Gasteiger partial charge in [-0.1, -0.05) is 43.2 Å². The molecule has 0 atom stereocenters. The van der Waals surface area contributed by atoms with Crippen molar-refractivity contribution in [2.45, 2.75) is 33.6 Å². The van der Waals surface area contributed by atoms with Gasteiger partial charge >= 0.3 is 0 Å². The minimum Gasteiger partial charge on any atom is -0.370 e. The molecule has 3 nitrogen and oxygen atoms in total. The predicted molar refractivity (Wildman–Crippen MR) is 80.4 cm³/mol. The number of hydrogen-bond donors (Lipinski definition) is 1. The molecule has 0 saturated carbocycles. The number of anilines is 1. The van der Waals surface area contributed by atoms with E-state index in [9.17, 15) is 0 Å². The molecule has 1 aromatic heterocycles. The van der Waals surface area contributed by atoms with Crippen molar-refractivity contribution in [2.75, 3.05) is 11.9 Å². The van der Waals surface area contributed by atoms with Crippen molar-refractivity contribution in [1.82, 2.24) is 9.97 Å². The highest BCUT2D eigenvalue weighted by Crippen LogP contribution is 2.19. The second kappa shape index (κ2) is 6.32. The quantitative estimate of drug-likeness (QED) is 0.882. The lowest BCUT2D eigenvalue weighted by molar-refractivity contribution is 0.875. The average molecular weight is 255 g/mol. The van der Waals surface area contributed by atoms with E-state index in [4.69, 9.17) is 0 Å². The van der Waals surface area contributed by atoms with Gasteiger partial charge < -0.3 is 5.32 Å². The molecule has 0 spiro atoms. The summed E-state index contributed by atoms with van der Waals surface area (Å²) in [6.45, 7) is 7.20. The molecule has 3 heteroatoms. The zero-order valence-corrected chi connectivity index (χ0v) is 11.9. The molecule has 0 amide bonds. The molecule has 0 fully saturated rings. The molecule has 0 radical (unpaired) electrons. The van der Waals surface area contributed by atoms with Gasteiger partial charge in [0.25, 0.3) is 0 Å². The summed E-state index contributed by atoms with van der Waals surface area (Å²) in [5.74, 6) is 1.72. The van der Waals surface area contributed by atoms with Crippen LogP contribution >= 0.6 is 0 Å². The van der Waals surface area contributed by atoms with Gasteiger partial charge in [-0.15, -0.1) is 0 Å². The van der Waals surface area contributed by atoms with Crippen LogP contribution in [-0.4, -0.2) is 16.5 Å². The lowest BCUT2D eigenvalue weighted by atomic mass is 10.1. The first kappa shape index (κ1) is 13.5. The SMILES string of the molecule is CCCc1cc(NCC)nc(-c2ccc(C)cc2)n1. The Labute approximate surface area is 115 Å². The second-order valence-electron chi connectivity index (χ2n) is 4.71. The Balaban J connectivity index is 2.40. The van der Waals surface area contributed by atoms with Crippen molar-refractivity contribution in [3.63, 3.8) is 0 Å². The van der Waals surface area contributed by atoms with Gasteiger partial charge in [-0.05, 0) is 20.3 Å². The monoisotopic (exact) mass is 255 g/mol. The minimum absolute atomic E-state index is 0.807. The standard InChI is InChI=1S/C16H21N3/c1-4-6-14-11-15(17-5-2)19-16(18-14)13-9-7-12(3)8-10-13/h7-11H,4-6H2,1-3H3,(H,17,18,19). The normalized spacial score (nSPS) is 10.5. The van der Waals surface area contributed by atoms with E-state index < -0.39 is 0 Å². The maximum atomic E-state index is 4.65. The fourth-order valence-electron chi connectivity index (χ4n) is 1.99. The third-order valence-electron chi connectivity index (χ3n) is 2.95. The molecule has 19 heavy (non-hydrogen) atoms. The van der Waals surface area contributed by atoms with Crippen LogP contribution in [0.4, 0.5) is 5.82 Å². The highest BCUT2D eigenvalue weighted by atomic mass is 15.0. The lowest BCUT2D eigenvalue weighted by Crippen LogP contribution is -2.04. The van der Waals surface area contributed by atoms with E-state index in [0.29, 0.717) is 0 Å². The number of nitrogens with one attached hydrogen (secondary N) is 1. The molecule has 1 heterocycles. The number of aromatic nitrogens is 2. The summed E-state index contributed by atoms with van der Waals surface area (Å²) in [4.78, 5) is 9.24. The molecule has 0 aliphatic carbocycles. The highest BCUT2D eigenvalue weighted by Gasteiger charge is 2.06. The van der Waals surface area contributed by atoms with Crippen LogP contribution in [0.25, 0.3) is 11.4 Å². The Bertz CT molecular complexity index is 508. The summed E-state index contributed by atoms with van der Waals surface area (Å²) < 4.78 is 0. The third-order valence-corrected chi connectivity index (χ3v) is 2.95. The van der Waals surface area contributed by atoms with Crippen LogP contribution in [0, 0.1) is 6.92 Å². The van der Waals surface area contributed by atoms with Gasteiger partial charge in [0.2, 0.25) is 0 Å². The van der Waals surface area contributed by atoms with Crippen molar-refractivity contribution in [3.8, 4) is 11.4 Å². The topological polar surface area (TPSA) is 37.8 Å². The first-order valence-electron chi connectivity index (χ1n) is 6.91. The molecule has 0 aliphatic heterocycles. The van der Waals surface area contributed by atoms with Gasteiger partial charge in [0, 0.05) is 23.9 Å². The Morgan fingerprint density at radius 3 is 2.42 bits per heavy atom. The molecule has 0 saturated heterocycles. The minimum atomic E-state index is 0.807. The molecule has 0 bridgehead atoms. The number of rotatable bonds is 5. The van der Waals surface area contributed by atoms with Crippen LogP contribution in [0.15, 0.2) is 30.3 Å². The fourth-order valence-corrected chi connectivity index (χ4v) is 1.99. The van der Waals surface area contributed by atoms with Gasteiger partial charge in [-0.25, -0.2) is 9.97 Å². The van der Waals surface area contributed by atoms with Crippen LogP contribution in [0.1, 0.15) is 31.5 Å². The van der Waals surface area contributed by atoms with Crippen LogP contribution in [0.2, 0.25) is 0 Å². The van der Waals surface area contributed by atoms with E-state index in [1.165, 1.54) is 5.56 Å². The maximum Gasteiger partial charge on any atom is 0.161 e. The summed E-state index contributed by atoms with van der Waals surface area (Å²) in [5.41, 5.74) is 3.42. The molecule has 2 rings (SSSR count). The molecule has 1 aromatic carbocycles. The first-order chi connectivity index (χ1) is 9.22. The van der Waals surface area contributed by atoms with Gasteiger partial charge in [0.15, 0.2) is 5.82 Å². The molecule has 1 N–H and O–H groups in total. The van der Waals surface area contributed by atoms with Crippen molar-refractivity contribution < 1.29 is 0 Å². The smallest absolute Gasteiger partial charge is 0.161 e. The molecule has 2 aromatic rings. The van der Waals surface area contributed by atoms with Crippen LogP contribution in [-0.2, 0) is 6.42 Å². The van der Waals surface area contributed by atoms with E-state index in [2.05, 4.69) is 60.3 Å². The van der Waals surface area contributed by atoms with E-state index in [0.717, 1.165) is 42.3 Å². The Kier molecular flexibility index (Phi) is 4.50. The maximum absolute atomic E-state index is 4.65.